The van der Waals surface area contributed by atoms with Crippen LogP contribution in [0.1, 0.15) is 40.5 Å². The van der Waals surface area contributed by atoms with E-state index < -0.39 is 42.5 Å². The van der Waals surface area contributed by atoms with Gasteiger partial charge in [0.05, 0.1) is 17.7 Å². The van der Waals surface area contributed by atoms with Crippen LogP contribution in [0.25, 0.3) is 0 Å². The standard InChI is InChI=1S/C18H25BFN3O5/c1-16(2)17(3,4)28-19(27-16)12-6-7-13(21-10-12)22-14(24)18(20)8-5-9-23(11-18)15(25)26/h6-7,10H,5,8-9,11H2,1-4H3,(H,25,26)(H,21,22,24)/t18-/m1/s1. The Morgan fingerprint density at radius 3 is 2.43 bits per heavy atom. The molecule has 1 aromatic rings. The first-order chi connectivity index (χ1) is 12.9. The predicted octanol–water partition coefficient (Wildman–Crippen LogP) is 1.80. The molecule has 2 aliphatic heterocycles. The number of carbonyl (C=O) groups is 2. The second-order valence-electron chi connectivity index (χ2n) is 8.29. The second-order valence-corrected chi connectivity index (χ2v) is 8.29. The summed E-state index contributed by atoms with van der Waals surface area (Å²) < 4.78 is 26.9. The lowest BCUT2D eigenvalue weighted by atomic mass is 9.80. The molecule has 28 heavy (non-hydrogen) atoms. The molecule has 0 aliphatic carbocycles. The van der Waals surface area contributed by atoms with Crippen molar-refractivity contribution in [1.82, 2.24) is 9.88 Å². The third kappa shape index (κ3) is 3.84. The number of piperidine rings is 1. The van der Waals surface area contributed by atoms with E-state index in [0.717, 1.165) is 4.90 Å². The lowest BCUT2D eigenvalue weighted by Crippen LogP contribution is -2.53. The molecule has 0 unspecified atom stereocenters. The van der Waals surface area contributed by atoms with Crippen LogP contribution < -0.4 is 10.8 Å². The number of halogens is 1. The first-order valence-electron chi connectivity index (χ1n) is 9.23. The van der Waals surface area contributed by atoms with Crippen LogP contribution in [0, 0.1) is 0 Å². The molecule has 152 valence electrons. The minimum atomic E-state index is -2.28. The highest BCUT2D eigenvalue weighted by atomic mass is 19.1. The Bertz CT molecular complexity index is 757. The summed E-state index contributed by atoms with van der Waals surface area (Å²) in [6.45, 7) is 7.51. The molecule has 2 saturated heterocycles. The van der Waals surface area contributed by atoms with E-state index >= 15 is 0 Å². The highest BCUT2D eigenvalue weighted by molar-refractivity contribution is 6.62. The van der Waals surface area contributed by atoms with Gasteiger partial charge in [0.1, 0.15) is 5.82 Å². The Morgan fingerprint density at radius 2 is 1.89 bits per heavy atom. The summed E-state index contributed by atoms with van der Waals surface area (Å²) in [6, 6.07) is 3.24. The van der Waals surface area contributed by atoms with Gasteiger partial charge in [-0.15, -0.1) is 0 Å². The van der Waals surface area contributed by atoms with Crippen molar-refractivity contribution in [2.75, 3.05) is 18.4 Å². The number of anilines is 1. The predicted molar refractivity (Wildman–Crippen MR) is 101 cm³/mol. The SMILES string of the molecule is CC1(C)OB(c2ccc(NC(=O)[C@@]3(F)CCCN(C(=O)O)C3)nc2)OC1(C)C. The number of pyridine rings is 1. The maximum Gasteiger partial charge on any atom is 0.496 e. The smallest absolute Gasteiger partial charge is 0.465 e. The average molecular weight is 393 g/mol. The van der Waals surface area contributed by atoms with Gasteiger partial charge in [-0.05, 0) is 46.6 Å². The quantitative estimate of drug-likeness (QED) is 0.760. The van der Waals surface area contributed by atoms with Gasteiger partial charge in [-0.1, -0.05) is 6.07 Å². The number of likely N-dealkylation sites (tertiary alicyclic amines) is 1. The fourth-order valence-corrected chi connectivity index (χ4v) is 3.19. The zero-order chi connectivity index (χ0) is 20.7. The van der Waals surface area contributed by atoms with E-state index in [9.17, 15) is 14.0 Å². The molecule has 0 radical (unpaired) electrons. The first kappa shape index (κ1) is 20.5. The van der Waals surface area contributed by atoms with Gasteiger partial charge >= 0.3 is 13.2 Å². The van der Waals surface area contributed by atoms with Crippen LogP contribution in [-0.4, -0.2) is 64.1 Å². The van der Waals surface area contributed by atoms with Gasteiger partial charge in [-0.25, -0.2) is 14.2 Å². The van der Waals surface area contributed by atoms with Crippen molar-refractivity contribution in [3.05, 3.63) is 18.3 Å². The molecule has 2 amide bonds. The number of hydrogen-bond donors (Lipinski definition) is 2. The fraction of sp³-hybridized carbons (Fsp3) is 0.611. The number of carbonyl (C=O) groups excluding carboxylic acids is 1. The maximum atomic E-state index is 15.0. The maximum absolute atomic E-state index is 15.0. The van der Waals surface area contributed by atoms with Crippen LogP contribution in [0.3, 0.4) is 0 Å². The van der Waals surface area contributed by atoms with Crippen LogP contribution in [0.5, 0.6) is 0 Å². The third-order valence-corrected chi connectivity index (χ3v) is 5.67. The minimum absolute atomic E-state index is 0.0331. The highest BCUT2D eigenvalue weighted by Gasteiger charge is 2.52. The molecule has 0 saturated carbocycles. The zero-order valence-corrected chi connectivity index (χ0v) is 16.5. The van der Waals surface area contributed by atoms with Crippen molar-refractivity contribution in [3.8, 4) is 0 Å². The minimum Gasteiger partial charge on any atom is -0.465 e. The monoisotopic (exact) mass is 393 g/mol. The Hall–Kier alpha value is -2.20. The van der Waals surface area contributed by atoms with E-state index in [0.29, 0.717) is 5.46 Å². The van der Waals surface area contributed by atoms with E-state index in [-0.39, 0.29) is 25.2 Å². The molecule has 1 atom stereocenters. The van der Waals surface area contributed by atoms with Crippen molar-refractivity contribution >= 4 is 30.4 Å². The Morgan fingerprint density at radius 1 is 1.25 bits per heavy atom. The van der Waals surface area contributed by atoms with Gasteiger partial charge in [0.2, 0.25) is 5.67 Å². The highest BCUT2D eigenvalue weighted by Crippen LogP contribution is 2.36. The fourth-order valence-electron chi connectivity index (χ4n) is 3.19. The van der Waals surface area contributed by atoms with Crippen molar-refractivity contribution in [2.45, 2.75) is 57.4 Å². The zero-order valence-electron chi connectivity index (χ0n) is 16.5. The number of alkyl halides is 1. The second kappa shape index (κ2) is 7.00. The molecule has 2 fully saturated rings. The number of amides is 2. The van der Waals surface area contributed by atoms with Crippen LogP contribution in [0.4, 0.5) is 15.0 Å². The molecule has 2 N–H and O–H groups in total. The van der Waals surface area contributed by atoms with Crippen LogP contribution in [-0.2, 0) is 14.1 Å². The van der Waals surface area contributed by atoms with Gasteiger partial charge in [0, 0.05) is 18.2 Å². The van der Waals surface area contributed by atoms with Gasteiger partial charge in [-0.2, -0.15) is 0 Å². The molecule has 10 heteroatoms. The molecular formula is C18H25BFN3O5. The van der Waals surface area contributed by atoms with Crippen LogP contribution >= 0.6 is 0 Å². The molecule has 0 bridgehead atoms. The molecule has 0 spiro atoms. The average Bonchev–Trinajstić information content (AvgIpc) is 2.83. The molecule has 3 rings (SSSR count). The van der Waals surface area contributed by atoms with Gasteiger partial charge in [0.15, 0.2) is 0 Å². The summed E-state index contributed by atoms with van der Waals surface area (Å²) in [5.41, 5.74) is -2.56. The van der Waals surface area contributed by atoms with Gasteiger partial charge < -0.3 is 24.6 Å². The van der Waals surface area contributed by atoms with Crippen molar-refractivity contribution in [1.29, 1.82) is 0 Å². The molecule has 8 nitrogen and oxygen atoms in total. The van der Waals surface area contributed by atoms with E-state index in [2.05, 4.69) is 10.3 Å². The Kier molecular flexibility index (Phi) is 5.14. The van der Waals surface area contributed by atoms with Crippen molar-refractivity contribution in [2.24, 2.45) is 0 Å². The molecule has 3 heterocycles. The topological polar surface area (TPSA) is 101 Å². The number of aromatic nitrogens is 1. The van der Waals surface area contributed by atoms with Gasteiger partial charge in [0.25, 0.3) is 5.91 Å². The van der Waals surface area contributed by atoms with E-state index in [1.54, 1.807) is 12.1 Å². The molecule has 2 aliphatic rings. The summed E-state index contributed by atoms with van der Waals surface area (Å²) in [7, 11) is -0.586. The summed E-state index contributed by atoms with van der Waals surface area (Å²) in [4.78, 5) is 28.5. The van der Waals surface area contributed by atoms with E-state index in [1.165, 1.54) is 6.20 Å². The van der Waals surface area contributed by atoms with Gasteiger partial charge in [-0.3, -0.25) is 4.79 Å². The summed E-state index contributed by atoms with van der Waals surface area (Å²) in [6.07, 6.45) is 0.520. The number of nitrogens with zero attached hydrogens (tertiary/aromatic N) is 2. The van der Waals surface area contributed by atoms with Crippen molar-refractivity contribution in [3.63, 3.8) is 0 Å². The van der Waals surface area contributed by atoms with E-state index in [4.69, 9.17) is 14.4 Å². The van der Waals surface area contributed by atoms with E-state index in [1.807, 2.05) is 27.7 Å². The largest absolute Gasteiger partial charge is 0.496 e. The Balaban J connectivity index is 1.66. The molecule has 0 aromatic carbocycles. The third-order valence-electron chi connectivity index (χ3n) is 5.67. The number of rotatable bonds is 3. The van der Waals surface area contributed by atoms with Crippen molar-refractivity contribution < 1.29 is 28.4 Å². The normalized spacial score (nSPS) is 26.2. The van der Waals surface area contributed by atoms with Crippen LogP contribution in [0.2, 0.25) is 0 Å². The molecular weight excluding hydrogens is 368 g/mol. The molecule has 1 aromatic heterocycles. The van der Waals surface area contributed by atoms with Crippen LogP contribution in [0.15, 0.2) is 18.3 Å². The summed E-state index contributed by atoms with van der Waals surface area (Å²) >= 11 is 0. The number of hydrogen-bond acceptors (Lipinski definition) is 5. The first-order valence-corrected chi connectivity index (χ1v) is 9.23. The lowest BCUT2D eigenvalue weighted by Gasteiger charge is -2.34. The number of nitrogens with one attached hydrogen (secondary N) is 1. The summed E-state index contributed by atoms with van der Waals surface area (Å²) in [5.74, 6) is -0.718. The summed E-state index contributed by atoms with van der Waals surface area (Å²) in [5, 5.41) is 11.5. The Labute approximate surface area is 163 Å². The lowest BCUT2D eigenvalue weighted by molar-refractivity contribution is -0.130. The number of carboxylic acid groups (broad SMARTS) is 1.